The monoisotopic (exact) mass is 230 g/mol. The van der Waals surface area contributed by atoms with Crippen molar-refractivity contribution in [2.75, 3.05) is 12.4 Å². The van der Waals surface area contributed by atoms with Crippen molar-refractivity contribution in [3.05, 3.63) is 12.7 Å². The van der Waals surface area contributed by atoms with Crippen LogP contribution in [0.1, 0.15) is 12.8 Å². The molecule has 0 N–H and O–H groups in total. The van der Waals surface area contributed by atoms with Gasteiger partial charge < -0.3 is 9.29 Å². The van der Waals surface area contributed by atoms with Crippen molar-refractivity contribution in [3.8, 4) is 0 Å². The molecule has 0 aliphatic rings. The summed E-state index contributed by atoms with van der Waals surface area (Å²) < 4.78 is 34.9. The normalized spacial score (nSPS) is 10.1. The molecule has 0 spiro atoms. The molecule has 0 saturated heterocycles. The molecule has 0 radical (unpaired) electrons. The second-order valence-corrected chi connectivity index (χ2v) is 3.86. The van der Waals surface area contributed by atoms with E-state index in [0.29, 0.717) is 0 Å². The van der Waals surface area contributed by atoms with Crippen molar-refractivity contribution in [3.63, 3.8) is 0 Å². The summed E-state index contributed by atoms with van der Waals surface area (Å²) in [4.78, 5) is 10.7. The maximum absolute atomic E-state index is 10.7. The molecule has 0 saturated carbocycles. The molecule has 0 rings (SSSR count). The molecule has 0 bridgehead atoms. The summed E-state index contributed by atoms with van der Waals surface area (Å²) >= 11 is 0. The van der Waals surface area contributed by atoms with Crippen LogP contribution in [0.25, 0.3) is 0 Å². The van der Waals surface area contributed by atoms with E-state index in [0.717, 1.165) is 0 Å². The average Bonchev–Trinajstić information content (AvgIpc) is 1.98. The summed E-state index contributed by atoms with van der Waals surface area (Å²) in [7, 11) is -4.22. The van der Waals surface area contributed by atoms with Crippen molar-refractivity contribution in [2.24, 2.45) is 0 Å². The molecule has 0 aliphatic heterocycles. The fourth-order valence-corrected chi connectivity index (χ4v) is 1.12. The van der Waals surface area contributed by atoms with Gasteiger partial charge in [-0.25, -0.2) is 8.42 Å². The first kappa shape index (κ1) is 16.5. The Hall–Kier alpha value is 0.120. The summed E-state index contributed by atoms with van der Waals surface area (Å²) in [6, 6.07) is 0. The van der Waals surface area contributed by atoms with Crippen LogP contribution in [0.3, 0.4) is 0 Å². The van der Waals surface area contributed by atoms with E-state index in [9.17, 15) is 17.8 Å². The Morgan fingerprint density at radius 3 is 2.50 bits per heavy atom. The summed E-state index contributed by atoms with van der Waals surface area (Å²) in [6.45, 7) is 3.43. The van der Waals surface area contributed by atoms with Gasteiger partial charge in [0.2, 0.25) is 0 Å². The van der Waals surface area contributed by atoms with Crippen LogP contribution in [0.5, 0.6) is 0 Å². The number of rotatable bonds is 6. The maximum Gasteiger partial charge on any atom is 1.00 e. The van der Waals surface area contributed by atoms with E-state index in [-0.39, 0.29) is 49.0 Å². The molecule has 0 aromatic carbocycles. The van der Waals surface area contributed by atoms with Gasteiger partial charge in [-0.1, -0.05) is 12.7 Å². The summed E-state index contributed by atoms with van der Waals surface area (Å²) in [5.74, 6) is -1.06. The standard InChI is InChI=1S/C7H12O5S.Na/c1-2-5-12-7(8)4-3-6-13(9,10)11;/h2H,1,3-6H2,(H,9,10,11);/q;+1/p-1. The van der Waals surface area contributed by atoms with E-state index in [2.05, 4.69) is 11.3 Å². The molecule has 0 aromatic heterocycles. The Morgan fingerprint density at radius 2 is 2.07 bits per heavy atom. The van der Waals surface area contributed by atoms with Crippen LogP contribution < -0.4 is 29.6 Å². The number of hydrogen-bond acceptors (Lipinski definition) is 5. The topological polar surface area (TPSA) is 83.5 Å². The fourth-order valence-electron chi connectivity index (χ4n) is 0.617. The third-order valence-corrected chi connectivity index (χ3v) is 1.93. The van der Waals surface area contributed by atoms with E-state index in [1.54, 1.807) is 0 Å². The molecule has 0 aromatic rings. The third kappa shape index (κ3) is 12.1. The second kappa shape index (κ2) is 8.43. The molecule has 0 atom stereocenters. The van der Waals surface area contributed by atoms with Crippen LogP contribution in [0.2, 0.25) is 0 Å². The van der Waals surface area contributed by atoms with Crippen LogP contribution in [-0.2, 0) is 19.6 Å². The molecular weight excluding hydrogens is 219 g/mol. The number of carbonyl (C=O) groups is 1. The minimum Gasteiger partial charge on any atom is -0.748 e. The third-order valence-electron chi connectivity index (χ3n) is 1.14. The summed E-state index contributed by atoms with van der Waals surface area (Å²) in [5.41, 5.74) is 0. The molecule has 14 heavy (non-hydrogen) atoms. The van der Waals surface area contributed by atoms with Gasteiger partial charge in [-0.05, 0) is 6.42 Å². The Bertz CT molecular complexity index is 272. The molecule has 0 fully saturated rings. The molecule has 0 aliphatic carbocycles. The van der Waals surface area contributed by atoms with E-state index >= 15 is 0 Å². The molecule has 0 heterocycles. The molecule has 76 valence electrons. The molecule has 0 unspecified atom stereocenters. The summed E-state index contributed by atoms with van der Waals surface area (Å²) in [5, 5.41) is 0. The van der Waals surface area contributed by atoms with Crippen LogP contribution >= 0.6 is 0 Å². The van der Waals surface area contributed by atoms with E-state index < -0.39 is 21.8 Å². The van der Waals surface area contributed by atoms with Gasteiger partial charge in [0.05, 0.1) is 10.1 Å². The number of hydrogen-bond donors (Lipinski definition) is 0. The Morgan fingerprint density at radius 1 is 1.50 bits per heavy atom. The van der Waals surface area contributed by atoms with Gasteiger partial charge in [-0.3, -0.25) is 4.79 Å². The van der Waals surface area contributed by atoms with Gasteiger partial charge in [0.25, 0.3) is 0 Å². The predicted molar refractivity (Wildman–Crippen MR) is 45.0 cm³/mol. The molecule has 0 amide bonds. The SMILES string of the molecule is C=CCOC(=O)CCCS(=O)(=O)[O-].[Na+]. The summed E-state index contributed by atoms with van der Waals surface area (Å²) in [6.07, 6.45) is 1.35. The van der Waals surface area contributed by atoms with Crippen LogP contribution in [0.15, 0.2) is 12.7 Å². The number of esters is 1. The zero-order valence-corrected chi connectivity index (χ0v) is 10.9. The first-order valence-corrected chi connectivity index (χ1v) is 5.23. The van der Waals surface area contributed by atoms with Crippen molar-refractivity contribution in [2.45, 2.75) is 12.8 Å². The van der Waals surface area contributed by atoms with Crippen LogP contribution in [-0.4, -0.2) is 31.3 Å². The first-order valence-electron chi connectivity index (χ1n) is 3.66. The number of ether oxygens (including phenoxy) is 1. The molecular formula is C7H11NaO5S. The quantitative estimate of drug-likeness (QED) is 0.211. The smallest absolute Gasteiger partial charge is 0.748 e. The van der Waals surface area contributed by atoms with Gasteiger partial charge in [-0.15, -0.1) is 0 Å². The predicted octanol–water partition coefficient (Wildman–Crippen LogP) is -2.95. The van der Waals surface area contributed by atoms with Gasteiger partial charge in [-0.2, -0.15) is 0 Å². The van der Waals surface area contributed by atoms with E-state index in [1.165, 1.54) is 6.08 Å². The van der Waals surface area contributed by atoms with Crippen molar-refractivity contribution in [1.29, 1.82) is 0 Å². The maximum atomic E-state index is 10.7. The van der Waals surface area contributed by atoms with Crippen molar-refractivity contribution < 1.29 is 52.1 Å². The molecule has 7 heteroatoms. The zero-order valence-electron chi connectivity index (χ0n) is 8.06. The van der Waals surface area contributed by atoms with Gasteiger partial charge in [0, 0.05) is 12.2 Å². The molecule has 5 nitrogen and oxygen atoms in total. The minimum absolute atomic E-state index is 0. The van der Waals surface area contributed by atoms with Crippen molar-refractivity contribution >= 4 is 16.1 Å². The van der Waals surface area contributed by atoms with Gasteiger partial charge in [0.15, 0.2) is 0 Å². The van der Waals surface area contributed by atoms with E-state index in [4.69, 9.17) is 0 Å². The van der Waals surface area contributed by atoms with Crippen LogP contribution in [0, 0.1) is 0 Å². The Balaban J connectivity index is 0. The first-order chi connectivity index (χ1) is 5.95. The largest absolute Gasteiger partial charge is 1.00 e. The minimum atomic E-state index is -4.22. The van der Waals surface area contributed by atoms with Crippen molar-refractivity contribution in [1.82, 2.24) is 0 Å². The number of carbonyl (C=O) groups excluding carboxylic acids is 1. The van der Waals surface area contributed by atoms with Gasteiger partial charge >= 0.3 is 35.5 Å². The Kier molecular flexibility index (Phi) is 9.96. The fraction of sp³-hybridized carbons (Fsp3) is 0.571. The second-order valence-electron chi connectivity index (χ2n) is 2.34. The average molecular weight is 230 g/mol. The van der Waals surface area contributed by atoms with Crippen LogP contribution in [0.4, 0.5) is 0 Å². The zero-order chi connectivity index (χ0) is 10.3. The van der Waals surface area contributed by atoms with E-state index in [1.807, 2.05) is 0 Å². The van der Waals surface area contributed by atoms with Gasteiger partial charge in [0.1, 0.15) is 6.61 Å². The Labute approximate surface area is 106 Å².